The smallest absolute Gasteiger partial charge is 0.416 e. The molecule has 0 N–H and O–H groups in total. The quantitative estimate of drug-likeness (QED) is 0.260. The number of alkyl halides is 3. The van der Waals surface area contributed by atoms with Crippen molar-refractivity contribution < 1.29 is 27.4 Å². The molecule has 2 aromatic carbocycles. The van der Waals surface area contributed by atoms with Crippen LogP contribution in [0.25, 0.3) is 6.08 Å². The molecule has 3 nitrogen and oxygen atoms in total. The zero-order valence-electron chi connectivity index (χ0n) is 15.7. The maximum Gasteiger partial charge on any atom is 0.416 e. The highest BCUT2D eigenvalue weighted by Crippen LogP contribution is 2.32. The van der Waals surface area contributed by atoms with Crippen LogP contribution in [0.2, 0.25) is 0 Å². The molecule has 1 heterocycles. The van der Waals surface area contributed by atoms with Gasteiger partial charge in [0.15, 0.2) is 5.78 Å². The molecule has 30 heavy (non-hydrogen) atoms. The third-order valence-electron chi connectivity index (χ3n) is 4.10. The van der Waals surface area contributed by atoms with E-state index in [9.17, 15) is 18.0 Å². The molecule has 0 amide bonds. The van der Waals surface area contributed by atoms with E-state index in [1.807, 2.05) is 5.38 Å². The van der Waals surface area contributed by atoms with E-state index >= 15 is 0 Å². The van der Waals surface area contributed by atoms with Crippen LogP contribution in [-0.4, -0.2) is 12.9 Å². The van der Waals surface area contributed by atoms with Crippen molar-refractivity contribution in [1.29, 1.82) is 0 Å². The SMILES string of the molecule is COc1ccc(/C=C/C(=O)c2cc(Br)cs2)cc1COc1cccc(C(F)(F)F)c1. The Kier molecular flexibility index (Phi) is 6.99. The molecule has 8 heteroatoms. The van der Waals surface area contributed by atoms with Gasteiger partial charge in [0.1, 0.15) is 18.1 Å². The van der Waals surface area contributed by atoms with Gasteiger partial charge in [-0.15, -0.1) is 11.3 Å². The van der Waals surface area contributed by atoms with E-state index in [0.29, 0.717) is 16.2 Å². The van der Waals surface area contributed by atoms with Crippen LogP contribution in [-0.2, 0) is 12.8 Å². The summed E-state index contributed by atoms with van der Waals surface area (Å²) in [7, 11) is 1.50. The highest BCUT2D eigenvalue weighted by Gasteiger charge is 2.30. The zero-order chi connectivity index (χ0) is 21.7. The van der Waals surface area contributed by atoms with Gasteiger partial charge < -0.3 is 9.47 Å². The van der Waals surface area contributed by atoms with E-state index < -0.39 is 11.7 Å². The number of hydrogen-bond donors (Lipinski definition) is 0. The van der Waals surface area contributed by atoms with Gasteiger partial charge in [0, 0.05) is 15.4 Å². The molecule has 0 aliphatic rings. The summed E-state index contributed by atoms with van der Waals surface area (Å²) >= 11 is 4.66. The van der Waals surface area contributed by atoms with Crippen LogP contribution in [0.15, 0.2) is 64.5 Å². The summed E-state index contributed by atoms with van der Waals surface area (Å²) in [6.45, 7) is 0.0119. The van der Waals surface area contributed by atoms with Crippen molar-refractivity contribution in [3.05, 3.63) is 86.0 Å². The molecular weight excluding hydrogens is 481 g/mol. The number of ether oxygens (including phenoxy) is 2. The van der Waals surface area contributed by atoms with Crippen LogP contribution in [0.5, 0.6) is 11.5 Å². The Hall–Kier alpha value is -2.58. The number of halogens is 4. The number of rotatable bonds is 7. The summed E-state index contributed by atoms with van der Waals surface area (Å²) < 4.78 is 50.3. The standard InChI is InChI=1S/C22H16BrF3O3S/c1-28-20-8-6-14(5-7-19(27)21-11-17(23)13-30-21)9-15(20)12-29-18-4-2-3-16(10-18)22(24,25)26/h2-11,13H,12H2,1H3/b7-5+. The van der Waals surface area contributed by atoms with Gasteiger partial charge in [-0.1, -0.05) is 18.2 Å². The Morgan fingerprint density at radius 1 is 1.17 bits per heavy atom. The molecule has 1 aromatic heterocycles. The molecule has 0 aliphatic heterocycles. The van der Waals surface area contributed by atoms with Crippen molar-refractivity contribution in [3.63, 3.8) is 0 Å². The van der Waals surface area contributed by atoms with Crippen LogP contribution in [0.1, 0.15) is 26.4 Å². The molecule has 3 aromatic rings. The van der Waals surface area contributed by atoms with Crippen molar-refractivity contribution >= 4 is 39.1 Å². The summed E-state index contributed by atoms with van der Waals surface area (Å²) in [6.07, 6.45) is -1.30. The van der Waals surface area contributed by atoms with Crippen molar-refractivity contribution in [2.75, 3.05) is 7.11 Å². The lowest BCUT2D eigenvalue weighted by molar-refractivity contribution is -0.137. The van der Waals surface area contributed by atoms with Gasteiger partial charge >= 0.3 is 6.18 Å². The first-order chi connectivity index (χ1) is 14.3. The van der Waals surface area contributed by atoms with Gasteiger partial charge in [0.05, 0.1) is 17.6 Å². The van der Waals surface area contributed by atoms with Gasteiger partial charge in [0.25, 0.3) is 0 Å². The molecule has 0 atom stereocenters. The third kappa shape index (κ3) is 5.73. The Balaban J connectivity index is 1.75. The predicted octanol–water partition coefficient (Wildman–Crippen LogP) is 7.01. The first-order valence-corrected chi connectivity index (χ1v) is 10.4. The first kappa shape index (κ1) is 22.1. The summed E-state index contributed by atoms with van der Waals surface area (Å²) in [5, 5.41) is 1.83. The lowest BCUT2D eigenvalue weighted by Gasteiger charge is -2.13. The minimum Gasteiger partial charge on any atom is -0.496 e. The maximum atomic E-state index is 12.9. The molecule has 0 spiro atoms. The normalized spacial score (nSPS) is 11.6. The van der Waals surface area contributed by atoms with E-state index in [2.05, 4.69) is 15.9 Å². The molecular formula is C22H16BrF3O3S. The zero-order valence-corrected chi connectivity index (χ0v) is 18.1. The van der Waals surface area contributed by atoms with E-state index in [1.54, 1.807) is 30.3 Å². The van der Waals surface area contributed by atoms with Crippen LogP contribution >= 0.6 is 27.3 Å². The highest BCUT2D eigenvalue weighted by molar-refractivity contribution is 9.10. The third-order valence-corrected chi connectivity index (χ3v) is 5.80. The molecule has 0 radical (unpaired) electrons. The lowest BCUT2D eigenvalue weighted by Crippen LogP contribution is -2.05. The Labute approximate surface area is 183 Å². The number of ketones is 1. The number of methoxy groups -OCH3 is 1. The minimum absolute atomic E-state index is 0.0119. The second-order valence-electron chi connectivity index (χ2n) is 6.21. The van der Waals surface area contributed by atoms with Crippen LogP contribution in [0, 0.1) is 0 Å². The maximum absolute atomic E-state index is 12.9. The fourth-order valence-corrected chi connectivity index (χ4v) is 3.98. The van der Waals surface area contributed by atoms with Crippen molar-refractivity contribution in [3.8, 4) is 11.5 Å². The summed E-state index contributed by atoms with van der Waals surface area (Å²) in [5.41, 5.74) is 0.605. The number of hydrogen-bond acceptors (Lipinski definition) is 4. The second kappa shape index (κ2) is 9.49. The van der Waals surface area contributed by atoms with Gasteiger partial charge in [0.2, 0.25) is 0 Å². The molecule has 156 valence electrons. The van der Waals surface area contributed by atoms with Crippen LogP contribution in [0.3, 0.4) is 0 Å². The molecule has 0 unspecified atom stereocenters. The van der Waals surface area contributed by atoms with E-state index in [-0.39, 0.29) is 18.1 Å². The number of benzene rings is 2. The molecule has 0 saturated heterocycles. The Morgan fingerprint density at radius 3 is 2.63 bits per heavy atom. The minimum atomic E-state index is -4.44. The average Bonchev–Trinajstić information content (AvgIpc) is 3.16. The molecule has 0 bridgehead atoms. The van der Waals surface area contributed by atoms with Crippen LogP contribution in [0.4, 0.5) is 13.2 Å². The fraction of sp³-hybridized carbons (Fsp3) is 0.136. The Bertz CT molecular complexity index is 1070. The second-order valence-corrected chi connectivity index (χ2v) is 8.04. The average molecular weight is 497 g/mol. The van der Waals surface area contributed by atoms with E-state index in [4.69, 9.17) is 9.47 Å². The summed E-state index contributed by atoms with van der Waals surface area (Å²) in [5.74, 6) is 0.516. The van der Waals surface area contributed by atoms with Crippen molar-refractivity contribution in [2.45, 2.75) is 12.8 Å². The monoisotopic (exact) mass is 496 g/mol. The number of thiophene rings is 1. The predicted molar refractivity (Wildman–Crippen MR) is 114 cm³/mol. The Morgan fingerprint density at radius 2 is 1.97 bits per heavy atom. The fourth-order valence-electron chi connectivity index (χ4n) is 2.63. The molecule has 3 rings (SSSR count). The number of allylic oxidation sites excluding steroid dienone is 1. The number of carbonyl (C=O) groups is 1. The lowest BCUT2D eigenvalue weighted by atomic mass is 10.1. The summed E-state index contributed by atoms with van der Waals surface area (Å²) in [4.78, 5) is 12.8. The van der Waals surface area contributed by atoms with Gasteiger partial charge in [-0.05, 0) is 64.0 Å². The molecule has 0 fully saturated rings. The molecule has 0 aliphatic carbocycles. The number of carbonyl (C=O) groups excluding carboxylic acids is 1. The van der Waals surface area contributed by atoms with Crippen molar-refractivity contribution in [1.82, 2.24) is 0 Å². The highest BCUT2D eigenvalue weighted by atomic mass is 79.9. The van der Waals surface area contributed by atoms with Crippen LogP contribution < -0.4 is 9.47 Å². The van der Waals surface area contributed by atoms with E-state index in [1.165, 1.54) is 36.7 Å². The van der Waals surface area contributed by atoms with Gasteiger partial charge in [-0.2, -0.15) is 13.2 Å². The van der Waals surface area contributed by atoms with E-state index in [0.717, 1.165) is 22.2 Å². The van der Waals surface area contributed by atoms with Crippen molar-refractivity contribution in [2.24, 2.45) is 0 Å². The topological polar surface area (TPSA) is 35.5 Å². The molecule has 0 saturated carbocycles. The summed E-state index contributed by atoms with van der Waals surface area (Å²) in [6, 6.07) is 11.7. The first-order valence-electron chi connectivity index (χ1n) is 8.69. The van der Waals surface area contributed by atoms with Gasteiger partial charge in [-0.3, -0.25) is 4.79 Å². The largest absolute Gasteiger partial charge is 0.496 e. The van der Waals surface area contributed by atoms with Gasteiger partial charge in [-0.25, -0.2) is 0 Å².